The summed E-state index contributed by atoms with van der Waals surface area (Å²) >= 11 is 7.12. The largest absolute Gasteiger partial charge is 0.350 e. The van der Waals surface area contributed by atoms with E-state index < -0.39 is 0 Å². The summed E-state index contributed by atoms with van der Waals surface area (Å²) in [6.45, 7) is 2.29. The molecule has 1 saturated heterocycles. The van der Waals surface area contributed by atoms with Gasteiger partial charge in [-0.3, -0.25) is 9.69 Å². The fourth-order valence-electron chi connectivity index (χ4n) is 2.83. The third kappa shape index (κ3) is 2.99. The van der Waals surface area contributed by atoms with Gasteiger partial charge in [-0.05, 0) is 62.2 Å². The maximum absolute atomic E-state index is 12.4. The third-order valence-corrected chi connectivity index (χ3v) is 4.97. The van der Waals surface area contributed by atoms with Gasteiger partial charge in [-0.15, -0.1) is 0 Å². The summed E-state index contributed by atoms with van der Waals surface area (Å²) in [6.07, 6.45) is 7.57. The van der Waals surface area contributed by atoms with Gasteiger partial charge in [0.05, 0.1) is 0 Å². The van der Waals surface area contributed by atoms with E-state index in [0.29, 0.717) is 11.2 Å². The standard InChI is InChI=1S/C13H22N2OS2/c1-9-3-5-10(6-4-9)15-12(16)11(7-8-18-2)14-13(15)17/h9-11H,3-8H2,1-2H3,(H,14,17)/t9?,10?,11-/m0/s1. The summed E-state index contributed by atoms with van der Waals surface area (Å²) < 4.78 is 0. The fourth-order valence-corrected chi connectivity index (χ4v) is 3.68. The number of nitrogens with zero attached hydrogens (tertiary/aromatic N) is 1. The molecule has 18 heavy (non-hydrogen) atoms. The molecule has 0 unspecified atom stereocenters. The van der Waals surface area contributed by atoms with E-state index in [-0.39, 0.29) is 11.9 Å². The summed E-state index contributed by atoms with van der Waals surface area (Å²) in [7, 11) is 0. The molecule has 0 aromatic rings. The van der Waals surface area contributed by atoms with E-state index in [0.717, 1.165) is 30.9 Å². The molecule has 0 bridgehead atoms. The van der Waals surface area contributed by atoms with Crippen LogP contribution in [-0.2, 0) is 4.79 Å². The molecule has 0 radical (unpaired) electrons. The van der Waals surface area contributed by atoms with Gasteiger partial charge in [-0.25, -0.2) is 0 Å². The Bertz CT molecular complexity index is 327. The Hall–Kier alpha value is -0.290. The normalized spacial score (nSPS) is 32.8. The van der Waals surface area contributed by atoms with E-state index in [1.54, 1.807) is 11.8 Å². The number of thioether (sulfide) groups is 1. The average Bonchev–Trinajstić information content (AvgIpc) is 2.63. The molecule has 1 saturated carbocycles. The smallest absolute Gasteiger partial charge is 0.251 e. The molecule has 2 rings (SSSR count). The molecular weight excluding hydrogens is 264 g/mol. The molecule has 2 fully saturated rings. The molecular formula is C13H22N2OS2. The second-order valence-corrected chi connectivity index (χ2v) is 6.78. The van der Waals surface area contributed by atoms with Crippen molar-refractivity contribution in [3.05, 3.63) is 0 Å². The van der Waals surface area contributed by atoms with E-state index >= 15 is 0 Å². The minimum Gasteiger partial charge on any atom is -0.350 e. The van der Waals surface area contributed by atoms with Crippen LogP contribution in [0.25, 0.3) is 0 Å². The quantitative estimate of drug-likeness (QED) is 0.804. The first-order valence-electron chi connectivity index (χ1n) is 6.76. The zero-order valence-corrected chi connectivity index (χ0v) is 12.8. The zero-order valence-electron chi connectivity index (χ0n) is 11.1. The minimum atomic E-state index is -0.0794. The van der Waals surface area contributed by atoms with Crippen LogP contribution in [0.2, 0.25) is 0 Å². The molecule has 102 valence electrons. The van der Waals surface area contributed by atoms with Crippen molar-refractivity contribution >= 4 is 35.0 Å². The monoisotopic (exact) mass is 286 g/mol. The van der Waals surface area contributed by atoms with E-state index in [2.05, 4.69) is 18.5 Å². The first-order valence-corrected chi connectivity index (χ1v) is 8.56. The Morgan fingerprint density at radius 1 is 1.39 bits per heavy atom. The van der Waals surface area contributed by atoms with Gasteiger partial charge < -0.3 is 5.32 Å². The van der Waals surface area contributed by atoms with Crippen molar-refractivity contribution < 1.29 is 4.79 Å². The molecule has 0 spiro atoms. The molecule has 5 heteroatoms. The number of carbonyl (C=O) groups is 1. The van der Waals surface area contributed by atoms with Gasteiger partial charge in [-0.2, -0.15) is 11.8 Å². The number of rotatable bonds is 4. The number of nitrogens with one attached hydrogen (secondary N) is 1. The zero-order chi connectivity index (χ0) is 13.1. The van der Waals surface area contributed by atoms with Crippen molar-refractivity contribution in [2.24, 2.45) is 5.92 Å². The second kappa shape index (κ2) is 6.24. The van der Waals surface area contributed by atoms with E-state index in [1.165, 1.54) is 12.8 Å². The maximum Gasteiger partial charge on any atom is 0.251 e. The van der Waals surface area contributed by atoms with Crippen molar-refractivity contribution in [2.75, 3.05) is 12.0 Å². The van der Waals surface area contributed by atoms with Crippen LogP contribution in [0.3, 0.4) is 0 Å². The Kier molecular flexibility index (Phi) is 4.90. The van der Waals surface area contributed by atoms with Crippen LogP contribution in [0.5, 0.6) is 0 Å². The van der Waals surface area contributed by atoms with E-state index in [4.69, 9.17) is 12.2 Å². The van der Waals surface area contributed by atoms with Crippen LogP contribution in [0.15, 0.2) is 0 Å². The lowest BCUT2D eigenvalue weighted by molar-refractivity contribution is -0.129. The Morgan fingerprint density at radius 3 is 2.67 bits per heavy atom. The van der Waals surface area contributed by atoms with Crippen LogP contribution < -0.4 is 5.32 Å². The lowest BCUT2D eigenvalue weighted by atomic mass is 9.86. The summed E-state index contributed by atoms with van der Waals surface area (Å²) in [5.74, 6) is 2.00. The van der Waals surface area contributed by atoms with Gasteiger partial charge in [0.25, 0.3) is 5.91 Å². The number of hydrogen-bond acceptors (Lipinski definition) is 3. The predicted octanol–water partition coefficient (Wildman–Crippen LogP) is 2.40. The SMILES string of the molecule is CSCC[C@@H]1NC(=S)N(C2CCC(C)CC2)C1=O. The summed E-state index contributed by atoms with van der Waals surface area (Å²) in [5.41, 5.74) is 0. The highest BCUT2D eigenvalue weighted by Gasteiger charge is 2.39. The van der Waals surface area contributed by atoms with Crippen LogP contribution in [0, 0.1) is 5.92 Å². The molecule has 1 atom stereocenters. The number of hydrogen-bond donors (Lipinski definition) is 1. The molecule has 1 heterocycles. The fraction of sp³-hybridized carbons (Fsp3) is 0.846. The van der Waals surface area contributed by atoms with Crippen molar-refractivity contribution in [3.8, 4) is 0 Å². The van der Waals surface area contributed by atoms with Crippen molar-refractivity contribution in [1.82, 2.24) is 10.2 Å². The predicted molar refractivity (Wildman–Crippen MR) is 80.8 cm³/mol. The lowest BCUT2D eigenvalue weighted by Gasteiger charge is -2.32. The Labute approximate surface area is 119 Å². The highest BCUT2D eigenvalue weighted by atomic mass is 32.2. The topological polar surface area (TPSA) is 32.3 Å². The molecule has 0 aromatic heterocycles. The highest BCUT2D eigenvalue weighted by Crippen LogP contribution is 2.29. The summed E-state index contributed by atoms with van der Waals surface area (Å²) in [6, 6.07) is 0.261. The third-order valence-electron chi connectivity index (χ3n) is 4.01. The molecule has 1 amide bonds. The average molecular weight is 286 g/mol. The molecule has 1 aliphatic heterocycles. The van der Waals surface area contributed by atoms with Gasteiger partial charge in [0.2, 0.25) is 0 Å². The number of amides is 1. The van der Waals surface area contributed by atoms with Crippen molar-refractivity contribution in [2.45, 2.75) is 51.1 Å². The highest BCUT2D eigenvalue weighted by molar-refractivity contribution is 7.98. The first-order chi connectivity index (χ1) is 8.63. The van der Waals surface area contributed by atoms with Gasteiger partial charge >= 0.3 is 0 Å². The van der Waals surface area contributed by atoms with Crippen LogP contribution in [-0.4, -0.2) is 40.0 Å². The summed E-state index contributed by atoms with van der Waals surface area (Å²) in [5, 5.41) is 3.85. The van der Waals surface area contributed by atoms with Crippen LogP contribution >= 0.6 is 24.0 Å². The molecule has 1 aliphatic carbocycles. The lowest BCUT2D eigenvalue weighted by Crippen LogP contribution is -2.42. The van der Waals surface area contributed by atoms with Gasteiger partial charge in [0, 0.05) is 6.04 Å². The van der Waals surface area contributed by atoms with Crippen molar-refractivity contribution in [1.29, 1.82) is 0 Å². The first kappa shape index (κ1) is 14.1. The van der Waals surface area contributed by atoms with Gasteiger partial charge in [0.15, 0.2) is 5.11 Å². The van der Waals surface area contributed by atoms with Crippen molar-refractivity contribution in [3.63, 3.8) is 0 Å². The summed E-state index contributed by atoms with van der Waals surface area (Å²) in [4.78, 5) is 14.2. The van der Waals surface area contributed by atoms with Crippen LogP contribution in [0.4, 0.5) is 0 Å². The molecule has 3 nitrogen and oxygen atoms in total. The molecule has 0 aromatic carbocycles. The van der Waals surface area contributed by atoms with Gasteiger partial charge in [0.1, 0.15) is 6.04 Å². The number of thiocarbonyl (C=S) groups is 1. The van der Waals surface area contributed by atoms with E-state index in [1.807, 2.05) is 4.90 Å². The second-order valence-electron chi connectivity index (χ2n) is 5.41. The Morgan fingerprint density at radius 2 is 2.06 bits per heavy atom. The maximum atomic E-state index is 12.4. The number of carbonyl (C=O) groups excluding carboxylic acids is 1. The Balaban J connectivity index is 1.96. The van der Waals surface area contributed by atoms with E-state index in [9.17, 15) is 4.79 Å². The molecule has 2 aliphatic rings. The van der Waals surface area contributed by atoms with Gasteiger partial charge in [-0.1, -0.05) is 6.92 Å². The minimum absolute atomic E-state index is 0.0794. The molecule has 1 N–H and O–H groups in total. The van der Waals surface area contributed by atoms with Crippen LogP contribution in [0.1, 0.15) is 39.0 Å².